The first kappa shape index (κ1) is 13.3. The molecule has 0 radical (unpaired) electrons. The molecule has 1 nitrogen and oxygen atoms in total. The fourth-order valence-corrected chi connectivity index (χ4v) is 2.61. The summed E-state index contributed by atoms with van der Waals surface area (Å²) >= 11 is 0. The van der Waals surface area contributed by atoms with Crippen molar-refractivity contribution in [1.29, 1.82) is 0 Å². The number of rotatable bonds is 1. The van der Waals surface area contributed by atoms with E-state index < -0.39 is 23.2 Å². The molecule has 1 aliphatic rings. The van der Waals surface area contributed by atoms with E-state index >= 15 is 0 Å². The van der Waals surface area contributed by atoms with Crippen LogP contribution in [-0.2, 0) is 11.8 Å². The van der Waals surface area contributed by atoms with Crippen molar-refractivity contribution < 1.29 is 22.7 Å². The standard InChI is InChI=1S/C13H14F4O/c1-8-3-2-6-12(8,18)9-4-5-10(11(14)7-9)13(15,16)17/h4-5,7-8,18H,2-3,6H2,1H3. The lowest BCUT2D eigenvalue weighted by Gasteiger charge is -2.28. The molecule has 2 atom stereocenters. The molecule has 100 valence electrons. The van der Waals surface area contributed by atoms with Gasteiger partial charge < -0.3 is 5.11 Å². The number of alkyl halides is 3. The van der Waals surface area contributed by atoms with E-state index in [4.69, 9.17) is 0 Å². The number of hydrogen-bond donors (Lipinski definition) is 1. The van der Waals surface area contributed by atoms with E-state index in [9.17, 15) is 22.7 Å². The minimum absolute atomic E-state index is 0.0753. The number of aliphatic hydroxyl groups is 1. The van der Waals surface area contributed by atoms with Crippen molar-refractivity contribution in [3.05, 3.63) is 35.1 Å². The molecule has 1 aliphatic carbocycles. The summed E-state index contributed by atoms with van der Waals surface area (Å²) in [4.78, 5) is 0. The third-order valence-corrected chi connectivity index (χ3v) is 3.78. The molecule has 0 amide bonds. The van der Waals surface area contributed by atoms with Crippen LogP contribution in [0.3, 0.4) is 0 Å². The zero-order chi connectivity index (χ0) is 13.6. The number of halogens is 4. The van der Waals surface area contributed by atoms with Crippen molar-refractivity contribution >= 4 is 0 Å². The number of hydrogen-bond acceptors (Lipinski definition) is 1. The fourth-order valence-electron chi connectivity index (χ4n) is 2.61. The highest BCUT2D eigenvalue weighted by Crippen LogP contribution is 2.44. The Morgan fingerprint density at radius 1 is 1.33 bits per heavy atom. The van der Waals surface area contributed by atoms with Crippen molar-refractivity contribution in [2.75, 3.05) is 0 Å². The normalized spacial score (nSPS) is 28.7. The average Bonchev–Trinajstić information content (AvgIpc) is 2.58. The Bertz CT molecular complexity index is 455. The molecule has 0 aromatic heterocycles. The van der Waals surface area contributed by atoms with Crippen molar-refractivity contribution in [2.24, 2.45) is 5.92 Å². The SMILES string of the molecule is CC1CCCC1(O)c1ccc(C(F)(F)F)c(F)c1. The Hall–Kier alpha value is -1.10. The summed E-state index contributed by atoms with van der Waals surface area (Å²) < 4.78 is 50.7. The minimum Gasteiger partial charge on any atom is -0.385 e. The van der Waals surface area contributed by atoms with Gasteiger partial charge >= 0.3 is 6.18 Å². The summed E-state index contributed by atoms with van der Waals surface area (Å²) in [6.45, 7) is 1.82. The highest BCUT2D eigenvalue weighted by Gasteiger charge is 2.41. The van der Waals surface area contributed by atoms with Crippen LogP contribution in [-0.4, -0.2) is 5.11 Å². The molecule has 0 bridgehead atoms. The molecule has 1 fully saturated rings. The van der Waals surface area contributed by atoms with Gasteiger partial charge in [0.2, 0.25) is 0 Å². The molecule has 1 aromatic rings. The molecule has 18 heavy (non-hydrogen) atoms. The Labute approximate surface area is 102 Å². The van der Waals surface area contributed by atoms with Gasteiger partial charge in [0.1, 0.15) is 5.82 Å². The second-order valence-electron chi connectivity index (χ2n) is 4.91. The molecule has 2 rings (SSSR count). The van der Waals surface area contributed by atoms with Crippen LogP contribution in [0.1, 0.15) is 37.3 Å². The lowest BCUT2D eigenvalue weighted by Crippen LogP contribution is -2.28. The van der Waals surface area contributed by atoms with E-state index in [1.165, 1.54) is 6.07 Å². The first-order valence-corrected chi connectivity index (χ1v) is 5.85. The second-order valence-corrected chi connectivity index (χ2v) is 4.91. The fraction of sp³-hybridized carbons (Fsp3) is 0.538. The van der Waals surface area contributed by atoms with E-state index in [0.29, 0.717) is 12.5 Å². The third-order valence-electron chi connectivity index (χ3n) is 3.78. The van der Waals surface area contributed by atoms with Gasteiger partial charge in [-0.2, -0.15) is 13.2 Å². The lowest BCUT2D eigenvalue weighted by molar-refractivity contribution is -0.140. The number of benzene rings is 1. The van der Waals surface area contributed by atoms with E-state index in [2.05, 4.69) is 0 Å². The predicted molar refractivity (Wildman–Crippen MR) is 58.3 cm³/mol. The smallest absolute Gasteiger partial charge is 0.385 e. The van der Waals surface area contributed by atoms with Gasteiger partial charge in [-0.3, -0.25) is 0 Å². The Balaban J connectivity index is 2.41. The third kappa shape index (κ3) is 2.11. The highest BCUT2D eigenvalue weighted by atomic mass is 19.4. The van der Waals surface area contributed by atoms with Gasteiger partial charge in [0.05, 0.1) is 11.2 Å². The largest absolute Gasteiger partial charge is 0.419 e. The molecule has 1 saturated carbocycles. The molecular weight excluding hydrogens is 248 g/mol. The van der Waals surface area contributed by atoms with Gasteiger partial charge in [-0.1, -0.05) is 13.0 Å². The lowest BCUT2D eigenvalue weighted by atomic mass is 9.84. The topological polar surface area (TPSA) is 20.2 Å². The zero-order valence-corrected chi connectivity index (χ0v) is 9.89. The van der Waals surface area contributed by atoms with E-state index in [0.717, 1.165) is 18.9 Å². The molecule has 5 heteroatoms. The van der Waals surface area contributed by atoms with E-state index in [1.54, 1.807) is 0 Å². The minimum atomic E-state index is -4.70. The van der Waals surface area contributed by atoms with Crippen LogP contribution in [0.15, 0.2) is 18.2 Å². The molecule has 0 heterocycles. The van der Waals surface area contributed by atoms with Gasteiger partial charge in [0, 0.05) is 0 Å². The van der Waals surface area contributed by atoms with Crippen molar-refractivity contribution in [3.8, 4) is 0 Å². The molecule has 0 saturated heterocycles. The second kappa shape index (κ2) is 4.23. The summed E-state index contributed by atoms with van der Waals surface area (Å²) in [5.41, 5.74) is -2.26. The quantitative estimate of drug-likeness (QED) is 0.762. The summed E-state index contributed by atoms with van der Waals surface area (Å²) in [6.07, 6.45) is -2.66. The summed E-state index contributed by atoms with van der Waals surface area (Å²) in [5.74, 6) is -1.40. The van der Waals surface area contributed by atoms with Crippen LogP contribution in [0.4, 0.5) is 17.6 Å². The van der Waals surface area contributed by atoms with Crippen LogP contribution >= 0.6 is 0 Å². The monoisotopic (exact) mass is 262 g/mol. The summed E-state index contributed by atoms with van der Waals surface area (Å²) in [5, 5.41) is 10.4. The van der Waals surface area contributed by atoms with Crippen LogP contribution in [0.25, 0.3) is 0 Å². The first-order valence-electron chi connectivity index (χ1n) is 5.85. The molecule has 0 aliphatic heterocycles. The maximum Gasteiger partial charge on any atom is 0.419 e. The van der Waals surface area contributed by atoms with E-state index in [-0.39, 0.29) is 11.5 Å². The van der Waals surface area contributed by atoms with Crippen molar-refractivity contribution in [1.82, 2.24) is 0 Å². The molecular formula is C13H14F4O. The average molecular weight is 262 g/mol. The summed E-state index contributed by atoms with van der Waals surface area (Å²) in [6, 6.07) is 2.69. The summed E-state index contributed by atoms with van der Waals surface area (Å²) in [7, 11) is 0. The highest BCUT2D eigenvalue weighted by molar-refractivity contribution is 5.31. The van der Waals surface area contributed by atoms with Gasteiger partial charge in [0.25, 0.3) is 0 Å². The van der Waals surface area contributed by atoms with Crippen molar-refractivity contribution in [2.45, 2.75) is 38.0 Å². The van der Waals surface area contributed by atoms with Gasteiger partial charge in [-0.05, 0) is 42.9 Å². The first-order chi connectivity index (χ1) is 8.25. The predicted octanol–water partition coefficient (Wildman–Crippen LogP) is 3.85. The van der Waals surface area contributed by atoms with Crippen molar-refractivity contribution in [3.63, 3.8) is 0 Å². The van der Waals surface area contributed by atoms with Crippen LogP contribution < -0.4 is 0 Å². The Morgan fingerprint density at radius 3 is 2.44 bits per heavy atom. The van der Waals surface area contributed by atoms with Gasteiger partial charge in [0.15, 0.2) is 0 Å². The van der Waals surface area contributed by atoms with Crippen LogP contribution in [0, 0.1) is 11.7 Å². The maximum atomic E-state index is 13.5. The Morgan fingerprint density at radius 2 is 2.00 bits per heavy atom. The van der Waals surface area contributed by atoms with Gasteiger partial charge in [-0.15, -0.1) is 0 Å². The Kier molecular flexibility index (Phi) is 3.13. The maximum absolute atomic E-state index is 13.5. The van der Waals surface area contributed by atoms with Crippen LogP contribution in [0.2, 0.25) is 0 Å². The van der Waals surface area contributed by atoms with Crippen LogP contribution in [0.5, 0.6) is 0 Å². The van der Waals surface area contributed by atoms with Gasteiger partial charge in [-0.25, -0.2) is 4.39 Å². The molecule has 1 N–H and O–H groups in total. The van der Waals surface area contributed by atoms with E-state index in [1.807, 2.05) is 6.92 Å². The molecule has 2 unspecified atom stereocenters. The molecule has 0 spiro atoms. The molecule has 1 aromatic carbocycles. The zero-order valence-electron chi connectivity index (χ0n) is 9.89.